The molecule has 2 rings (SSSR count). The minimum absolute atomic E-state index is 0.498. The summed E-state index contributed by atoms with van der Waals surface area (Å²) in [7, 11) is 0. The van der Waals surface area contributed by atoms with Crippen molar-refractivity contribution in [2.24, 2.45) is 4.99 Å². The standard InChI is InChI=1S/C26H37N5/c27-23-30-26(31-25-18-21-28-22-19-25)29-20-14-9-7-5-3-1-2-4-6-8-11-15-24-16-12-10-13-17-24/h10,12-13,16-19,21-22H,1-9,11,14-15,20H2,(H2,28,29,30,31). The second-order valence-electron chi connectivity index (χ2n) is 7.95. The summed E-state index contributed by atoms with van der Waals surface area (Å²) < 4.78 is 0. The number of rotatable bonds is 15. The van der Waals surface area contributed by atoms with E-state index in [1.807, 2.05) is 18.3 Å². The Labute approximate surface area is 188 Å². The highest BCUT2D eigenvalue weighted by Crippen LogP contribution is 2.13. The quantitative estimate of drug-likeness (QED) is 0.114. The second-order valence-corrected chi connectivity index (χ2v) is 7.95. The lowest BCUT2D eigenvalue weighted by Crippen LogP contribution is -2.27. The van der Waals surface area contributed by atoms with Gasteiger partial charge in [-0.15, -0.1) is 0 Å². The molecule has 2 aromatic rings. The summed E-state index contributed by atoms with van der Waals surface area (Å²) in [6, 6.07) is 14.5. The van der Waals surface area contributed by atoms with Crippen molar-refractivity contribution in [3.8, 4) is 6.19 Å². The second kappa shape index (κ2) is 16.9. The molecule has 0 atom stereocenters. The number of nitrogens with one attached hydrogen (secondary N) is 2. The molecule has 0 aliphatic heterocycles. The van der Waals surface area contributed by atoms with Gasteiger partial charge in [0, 0.05) is 24.6 Å². The largest absolute Gasteiger partial charge is 0.325 e. The molecular formula is C26H37N5. The molecule has 1 heterocycles. The van der Waals surface area contributed by atoms with Gasteiger partial charge in [-0.2, -0.15) is 5.26 Å². The molecule has 2 N–H and O–H groups in total. The van der Waals surface area contributed by atoms with Crippen LogP contribution in [0, 0.1) is 11.5 Å². The lowest BCUT2D eigenvalue weighted by Gasteiger charge is -2.07. The van der Waals surface area contributed by atoms with E-state index in [0.29, 0.717) is 5.96 Å². The third-order valence-electron chi connectivity index (χ3n) is 5.35. The van der Waals surface area contributed by atoms with Gasteiger partial charge in [-0.3, -0.25) is 15.3 Å². The number of aromatic nitrogens is 1. The van der Waals surface area contributed by atoms with Crippen LogP contribution in [-0.4, -0.2) is 17.5 Å². The Balaban J connectivity index is 1.39. The van der Waals surface area contributed by atoms with Gasteiger partial charge in [0.15, 0.2) is 6.19 Å². The van der Waals surface area contributed by atoms with Gasteiger partial charge in [-0.25, -0.2) is 0 Å². The van der Waals surface area contributed by atoms with E-state index in [1.165, 1.54) is 76.2 Å². The molecule has 0 amide bonds. The van der Waals surface area contributed by atoms with Gasteiger partial charge in [-0.1, -0.05) is 88.1 Å². The first-order chi connectivity index (χ1) is 15.4. The molecule has 0 spiro atoms. The van der Waals surface area contributed by atoms with Crippen LogP contribution in [0.2, 0.25) is 0 Å². The third kappa shape index (κ3) is 12.4. The van der Waals surface area contributed by atoms with Crippen molar-refractivity contribution in [2.75, 3.05) is 11.9 Å². The Hall–Kier alpha value is -2.87. The maximum atomic E-state index is 8.87. The van der Waals surface area contributed by atoms with Gasteiger partial charge in [-0.05, 0) is 37.0 Å². The van der Waals surface area contributed by atoms with Gasteiger partial charge >= 0.3 is 0 Å². The highest BCUT2D eigenvalue weighted by Gasteiger charge is 1.99. The molecule has 5 nitrogen and oxygen atoms in total. The average molecular weight is 420 g/mol. The predicted molar refractivity (Wildman–Crippen MR) is 130 cm³/mol. The zero-order chi connectivity index (χ0) is 21.8. The molecular weight excluding hydrogens is 382 g/mol. The van der Waals surface area contributed by atoms with E-state index in [2.05, 4.69) is 50.9 Å². The van der Waals surface area contributed by atoms with Crippen molar-refractivity contribution in [3.63, 3.8) is 0 Å². The van der Waals surface area contributed by atoms with Crippen LogP contribution >= 0.6 is 0 Å². The molecule has 0 saturated carbocycles. The Morgan fingerprint density at radius 1 is 0.774 bits per heavy atom. The SMILES string of the molecule is N#CNC(=NCCCCCCCCCCCCCc1ccccc1)Nc1ccncc1. The molecule has 0 aliphatic carbocycles. The topological polar surface area (TPSA) is 73.1 Å². The summed E-state index contributed by atoms with van der Waals surface area (Å²) in [6.45, 7) is 0.727. The van der Waals surface area contributed by atoms with Gasteiger partial charge in [0.05, 0.1) is 0 Å². The van der Waals surface area contributed by atoms with Crippen LogP contribution in [0.1, 0.15) is 76.2 Å². The highest BCUT2D eigenvalue weighted by molar-refractivity contribution is 5.94. The van der Waals surface area contributed by atoms with E-state index in [0.717, 1.165) is 18.7 Å². The number of pyridine rings is 1. The van der Waals surface area contributed by atoms with Gasteiger partial charge in [0.2, 0.25) is 5.96 Å². The van der Waals surface area contributed by atoms with E-state index in [1.54, 1.807) is 12.4 Å². The average Bonchev–Trinajstić information content (AvgIpc) is 2.80. The minimum Gasteiger partial charge on any atom is -0.325 e. The summed E-state index contributed by atoms with van der Waals surface area (Å²) in [5.74, 6) is 0.498. The number of anilines is 1. The number of aryl methyl sites for hydroxylation is 1. The summed E-state index contributed by atoms with van der Waals surface area (Å²) in [6.07, 6.45) is 20.9. The zero-order valence-electron chi connectivity index (χ0n) is 18.7. The van der Waals surface area contributed by atoms with Crippen molar-refractivity contribution in [2.45, 2.75) is 77.0 Å². The van der Waals surface area contributed by atoms with Crippen molar-refractivity contribution in [1.82, 2.24) is 10.3 Å². The molecule has 0 unspecified atom stereocenters. The molecule has 0 radical (unpaired) electrons. The van der Waals surface area contributed by atoms with Gasteiger partial charge in [0.25, 0.3) is 0 Å². The lowest BCUT2D eigenvalue weighted by molar-refractivity contribution is 0.547. The van der Waals surface area contributed by atoms with Crippen LogP contribution in [0.15, 0.2) is 59.9 Å². The molecule has 0 aliphatic rings. The van der Waals surface area contributed by atoms with Crippen LogP contribution < -0.4 is 10.6 Å². The molecule has 1 aromatic heterocycles. The first-order valence-electron chi connectivity index (χ1n) is 11.8. The zero-order valence-corrected chi connectivity index (χ0v) is 18.7. The number of guanidine groups is 1. The first kappa shape index (κ1) is 24.4. The van der Waals surface area contributed by atoms with Gasteiger partial charge < -0.3 is 5.32 Å². The van der Waals surface area contributed by atoms with Crippen molar-refractivity contribution >= 4 is 11.6 Å². The summed E-state index contributed by atoms with van der Waals surface area (Å²) in [5.41, 5.74) is 2.34. The Bertz CT molecular complexity index is 752. The molecule has 0 bridgehead atoms. The Morgan fingerprint density at radius 3 is 1.97 bits per heavy atom. The van der Waals surface area contributed by atoms with E-state index >= 15 is 0 Å². The molecule has 1 aromatic carbocycles. The normalized spacial score (nSPS) is 11.1. The Kier molecular flexibility index (Phi) is 13.3. The number of benzene rings is 1. The number of unbranched alkanes of at least 4 members (excludes halogenated alkanes) is 10. The smallest absolute Gasteiger partial charge is 0.209 e. The van der Waals surface area contributed by atoms with Crippen LogP contribution in [0.3, 0.4) is 0 Å². The molecule has 31 heavy (non-hydrogen) atoms. The molecule has 5 heteroatoms. The van der Waals surface area contributed by atoms with E-state index < -0.39 is 0 Å². The van der Waals surface area contributed by atoms with E-state index in [4.69, 9.17) is 5.26 Å². The molecule has 0 fully saturated rings. The lowest BCUT2D eigenvalue weighted by atomic mass is 10.0. The maximum Gasteiger partial charge on any atom is 0.209 e. The fourth-order valence-corrected chi connectivity index (χ4v) is 3.60. The number of hydrogen-bond acceptors (Lipinski definition) is 3. The minimum atomic E-state index is 0.498. The Morgan fingerprint density at radius 2 is 1.35 bits per heavy atom. The van der Waals surface area contributed by atoms with Crippen molar-refractivity contribution in [1.29, 1.82) is 5.26 Å². The monoisotopic (exact) mass is 419 g/mol. The van der Waals surface area contributed by atoms with Gasteiger partial charge in [0.1, 0.15) is 0 Å². The van der Waals surface area contributed by atoms with Crippen LogP contribution in [-0.2, 0) is 6.42 Å². The van der Waals surface area contributed by atoms with Crippen molar-refractivity contribution < 1.29 is 0 Å². The number of aliphatic imine (C=N–C) groups is 1. The predicted octanol–water partition coefficient (Wildman–Crippen LogP) is 6.45. The van der Waals surface area contributed by atoms with Crippen LogP contribution in [0.4, 0.5) is 5.69 Å². The van der Waals surface area contributed by atoms with Crippen molar-refractivity contribution in [3.05, 3.63) is 60.4 Å². The van der Waals surface area contributed by atoms with E-state index in [-0.39, 0.29) is 0 Å². The number of nitriles is 1. The number of hydrogen-bond donors (Lipinski definition) is 2. The summed E-state index contributed by atoms with van der Waals surface area (Å²) in [4.78, 5) is 8.45. The number of nitrogens with zero attached hydrogens (tertiary/aromatic N) is 3. The van der Waals surface area contributed by atoms with E-state index in [9.17, 15) is 0 Å². The molecule has 166 valence electrons. The maximum absolute atomic E-state index is 8.87. The third-order valence-corrected chi connectivity index (χ3v) is 5.35. The van der Waals surface area contributed by atoms with Crippen LogP contribution in [0.5, 0.6) is 0 Å². The summed E-state index contributed by atoms with van der Waals surface area (Å²) in [5, 5.41) is 14.6. The fourth-order valence-electron chi connectivity index (χ4n) is 3.60. The van der Waals surface area contributed by atoms with Crippen LogP contribution in [0.25, 0.3) is 0 Å². The fraction of sp³-hybridized carbons (Fsp3) is 0.500. The highest BCUT2D eigenvalue weighted by atomic mass is 15.2. The summed E-state index contributed by atoms with van der Waals surface area (Å²) >= 11 is 0. The first-order valence-corrected chi connectivity index (χ1v) is 11.8. The molecule has 0 saturated heterocycles.